The van der Waals surface area contributed by atoms with Crippen molar-refractivity contribution in [3.8, 4) is 28.3 Å². The first-order chi connectivity index (χ1) is 9.98. The third-order valence-electron chi connectivity index (χ3n) is 3.13. The van der Waals surface area contributed by atoms with E-state index in [0.717, 1.165) is 12.2 Å². The van der Waals surface area contributed by atoms with Crippen LogP contribution in [0.3, 0.4) is 0 Å². The first kappa shape index (κ1) is 15.4. The molecule has 0 atom stereocenters. The fourth-order valence-electron chi connectivity index (χ4n) is 2.01. The quantitative estimate of drug-likeness (QED) is 0.584. The van der Waals surface area contributed by atoms with E-state index in [2.05, 4.69) is 67.5 Å². The van der Waals surface area contributed by atoms with Crippen LogP contribution in [0.4, 0.5) is 0 Å². The van der Waals surface area contributed by atoms with Crippen LogP contribution in [0.5, 0.6) is 5.75 Å². The lowest BCUT2D eigenvalue weighted by Gasteiger charge is -2.05. The third-order valence-corrected chi connectivity index (χ3v) is 4.06. The first-order valence-electron chi connectivity index (χ1n) is 7.21. The van der Waals surface area contributed by atoms with Gasteiger partial charge in [0.15, 0.2) is 0 Å². The second kappa shape index (κ2) is 6.65. The minimum atomic E-state index is -1.26. The van der Waals surface area contributed by atoms with Crippen molar-refractivity contribution in [2.75, 3.05) is 7.11 Å². The maximum Gasteiger partial charge on any atom is 0.129 e. The molecular weight excluding hydrogens is 272 g/mol. The summed E-state index contributed by atoms with van der Waals surface area (Å²) in [6.45, 7) is 6.81. The lowest BCUT2D eigenvalue weighted by atomic mass is 10.0. The Hall–Kier alpha value is -1.98. The van der Waals surface area contributed by atoms with Crippen molar-refractivity contribution in [1.29, 1.82) is 0 Å². The van der Waals surface area contributed by atoms with E-state index in [4.69, 9.17) is 4.74 Å². The van der Waals surface area contributed by atoms with E-state index in [1.165, 1.54) is 16.7 Å². The minimum Gasteiger partial charge on any atom is -0.497 e. The maximum atomic E-state index is 5.18. The van der Waals surface area contributed by atoms with Crippen LogP contribution in [0.1, 0.15) is 5.56 Å². The number of methoxy groups -OCH3 is 1. The van der Waals surface area contributed by atoms with Gasteiger partial charge in [0, 0.05) is 6.42 Å². The number of hydrogen-bond acceptors (Lipinski definition) is 1. The Bertz CT molecular complexity index is 637. The van der Waals surface area contributed by atoms with E-state index in [0.29, 0.717) is 0 Å². The summed E-state index contributed by atoms with van der Waals surface area (Å²) in [5, 5.41) is 0. The molecule has 2 aromatic carbocycles. The normalized spacial score (nSPS) is 10.7. The average molecular weight is 294 g/mol. The molecule has 0 unspecified atom stereocenters. The molecule has 21 heavy (non-hydrogen) atoms. The van der Waals surface area contributed by atoms with E-state index in [1.54, 1.807) is 7.11 Å². The Balaban J connectivity index is 2.09. The maximum absolute atomic E-state index is 5.18. The van der Waals surface area contributed by atoms with Crippen LogP contribution in [0.25, 0.3) is 11.1 Å². The third kappa shape index (κ3) is 4.80. The average Bonchev–Trinajstić information content (AvgIpc) is 2.47. The molecule has 0 amide bonds. The molecule has 0 bridgehead atoms. The van der Waals surface area contributed by atoms with Crippen LogP contribution < -0.4 is 4.74 Å². The van der Waals surface area contributed by atoms with E-state index < -0.39 is 8.07 Å². The van der Waals surface area contributed by atoms with Gasteiger partial charge >= 0.3 is 0 Å². The van der Waals surface area contributed by atoms with Crippen LogP contribution in [0, 0.1) is 11.5 Å². The van der Waals surface area contributed by atoms with Gasteiger partial charge in [-0.25, -0.2) is 0 Å². The SMILES string of the molecule is COc1ccc(-c2ccc(CC#C[Si](C)(C)C)cc2)cc1. The molecule has 0 fully saturated rings. The summed E-state index contributed by atoms with van der Waals surface area (Å²) in [4.78, 5) is 0. The molecule has 0 spiro atoms. The van der Waals surface area contributed by atoms with Gasteiger partial charge in [0.05, 0.1) is 7.11 Å². The zero-order valence-electron chi connectivity index (χ0n) is 13.2. The topological polar surface area (TPSA) is 9.23 Å². The van der Waals surface area contributed by atoms with Gasteiger partial charge in [-0.1, -0.05) is 56.0 Å². The second-order valence-electron chi connectivity index (χ2n) is 6.15. The van der Waals surface area contributed by atoms with Crippen LogP contribution in [-0.2, 0) is 6.42 Å². The summed E-state index contributed by atoms with van der Waals surface area (Å²) in [5.41, 5.74) is 7.11. The Morgan fingerprint density at radius 3 is 1.86 bits per heavy atom. The van der Waals surface area contributed by atoms with E-state index in [9.17, 15) is 0 Å². The van der Waals surface area contributed by atoms with Crippen molar-refractivity contribution in [3.63, 3.8) is 0 Å². The van der Waals surface area contributed by atoms with Gasteiger partial charge in [0.1, 0.15) is 13.8 Å². The van der Waals surface area contributed by atoms with Crippen LogP contribution in [0.2, 0.25) is 19.6 Å². The van der Waals surface area contributed by atoms with Gasteiger partial charge in [-0.15, -0.1) is 11.5 Å². The number of hydrogen-bond donors (Lipinski definition) is 0. The highest BCUT2D eigenvalue weighted by molar-refractivity contribution is 6.83. The van der Waals surface area contributed by atoms with Gasteiger partial charge in [0.2, 0.25) is 0 Å². The predicted molar refractivity (Wildman–Crippen MR) is 93.3 cm³/mol. The lowest BCUT2D eigenvalue weighted by Crippen LogP contribution is -2.16. The van der Waals surface area contributed by atoms with E-state index in [-0.39, 0.29) is 0 Å². The van der Waals surface area contributed by atoms with Gasteiger partial charge in [-0.3, -0.25) is 0 Å². The summed E-state index contributed by atoms with van der Waals surface area (Å²) in [6.07, 6.45) is 0.840. The largest absolute Gasteiger partial charge is 0.497 e. The summed E-state index contributed by atoms with van der Waals surface area (Å²) < 4.78 is 5.18. The Morgan fingerprint density at radius 2 is 1.38 bits per heavy atom. The molecule has 1 nitrogen and oxygen atoms in total. The molecule has 2 aromatic rings. The monoisotopic (exact) mass is 294 g/mol. The molecule has 0 N–H and O–H groups in total. The van der Waals surface area contributed by atoms with Crippen LogP contribution in [0.15, 0.2) is 48.5 Å². The molecule has 0 aliphatic rings. The van der Waals surface area contributed by atoms with Crippen molar-refractivity contribution in [2.24, 2.45) is 0 Å². The highest BCUT2D eigenvalue weighted by Crippen LogP contribution is 2.22. The van der Waals surface area contributed by atoms with Gasteiger partial charge < -0.3 is 4.74 Å². The molecule has 2 rings (SSSR count). The van der Waals surface area contributed by atoms with Crippen molar-refractivity contribution in [3.05, 3.63) is 54.1 Å². The zero-order valence-corrected chi connectivity index (χ0v) is 14.2. The highest BCUT2D eigenvalue weighted by atomic mass is 28.3. The first-order valence-corrected chi connectivity index (χ1v) is 10.7. The Labute approximate surface area is 129 Å². The molecule has 0 radical (unpaired) electrons. The summed E-state index contributed by atoms with van der Waals surface area (Å²) in [7, 11) is 0.429. The summed E-state index contributed by atoms with van der Waals surface area (Å²) >= 11 is 0. The fraction of sp³-hybridized carbons (Fsp3) is 0.263. The molecule has 0 aliphatic carbocycles. The van der Waals surface area contributed by atoms with Crippen LogP contribution in [-0.4, -0.2) is 15.2 Å². The van der Waals surface area contributed by atoms with Gasteiger partial charge in [-0.2, -0.15) is 0 Å². The molecule has 0 aliphatic heterocycles. The Kier molecular flexibility index (Phi) is 4.88. The Morgan fingerprint density at radius 1 is 0.857 bits per heavy atom. The molecule has 0 aromatic heterocycles. The molecular formula is C19H22OSi. The van der Waals surface area contributed by atoms with Crippen molar-refractivity contribution in [1.82, 2.24) is 0 Å². The summed E-state index contributed by atoms with van der Waals surface area (Å²) in [6, 6.07) is 16.8. The molecule has 0 saturated heterocycles. The molecule has 108 valence electrons. The van der Waals surface area contributed by atoms with E-state index in [1.807, 2.05) is 12.1 Å². The van der Waals surface area contributed by atoms with Crippen LogP contribution >= 0.6 is 0 Å². The smallest absolute Gasteiger partial charge is 0.129 e. The lowest BCUT2D eigenvalue weighted by molar-refractivity contribution is 0.415. The molecule has 0 heterocycles. The van der Waals surface area contributed by atoms with Gasteiger partial charge in [-0.05, 0) is 28.8 Å². The number of benzene rings is 2. The number of rotatable bonds is 3. The number of ether oxygens (including phenoxy) is 1. The van der Waals surface area contributed by atoms with Crippen molar-refractivity contribution >= 4 is 8.07 Å². The zero-order chi connectivity index (χ0) is 15.3. The second-order valence-corrected chi connectivity index (χ2v) is 10.9. The fourth-order valence-corrected chi connectivity index (χ4v) is 2.63. The predicted octanol–water partition coefficient (Wildman–Crippen LogP) is 4.79. The molecule has 0 saturated carbocycles. The standard InChI is InChI=1S/C19H22OSi/c1-20-19-13-11-18(12-14-19)17-9-7-16(8-10-17)6-5-15-21(2,3)4/h7-14H,6H2,1-4H3. The minimum absolute atomic E-state index is 0.840. The molecule has 2 heteroatoms. The summed E-state index contributed by atoms with van der Waals surface area (Å²) in [5.74, 6) is 4.20. The highest BCUT2D eigenvalue weighted by Gasteiger charge is 2.07. The van der Waals surface area contributed by atoms with Gasteiger partial charge in [0.25, 0.3) is 0 Å². The van der Waals surface area contributed by atoms with E-state index >= 15 is 0 Å². The van der Waals surface area contributed by atoms with Crippen molar-refractivity contribution in [2.45, 2.75) is 26.1 Å². The van der Waals surface area contributed by atoms with Crippen molar-refractivity contribution < 1.29 is 4.74 Å².